The Hall–Kier alpha value is -3.32. The van der Waals surface area contributed by atoms with E-state index in [1.807, 2.05) is 31.2 Å². The molecular formula is C30H40N2O5. The lowest BCUT2D eigenvalue weighted by Gasteiger charge is -2.27. The van der Waals surface area contributed by atoms with Crippen molar-refractivity contribution < 1.29 is 24.2 Å². The summed E-state index contributed by atoms with van der Waals surface area (Å²) < 4.78 is 11.3. The molecule has 1 saturated heterocycles. The molecular weight excluding hydrogens is 468 g/mol. The van der Waals surface area contributed by atoms with Crippen LogP contribution in [0, 0.1) is 0 Å². The average Bonchev–Trinajstić information content (AvgIpc) is 3.17. The summed E-state index contributed by atoms with van der Waals surface area (Å²) in [5, 5.41) is 11.3. The van der Waals surface area contributed by atoms with Crippen LogP contribution >= 0.6 is 0 Å². The Balaban J connectivity index is 1.96. The Morgan fingerprint density at radius 2 is 1.51 bits per heavy atom. The molecule has 3 rings (SSSR count). The van der Waals surface area contributed by atoms with Crippen molar-refractivity contribution >= 4 is 17.4 Å². The molecule has 2 aromatic carbocycles. The Bertz CT molecular complexity index is 1060. The molecule has 0 saturated carbocycles. The maximum absolute atomic E-state index is 13.3. The van der Waals surface area contributed by atoms with E-state index in [1.54, 1.807) is 29.2 Å². The molecule has 200 valence electrons. The van der Waals surface area contributed by atoms with E-state index in [2.05, 4.69) is 25.7 Å². The second-order valence-corrected chi connectivity index (χ2v) is 9.10. The zero-order valence-corrected chi connectivity index (χ0v) is 22.5. The van der Waals surface area contributed by atoms with Gasteiger partial charge in [0.05, 0.1) is 24.8 Å². The molecule has 7 heteroatoms. The van der Waals surface area contributed by atoms with Crippen LogP contribution in [-0.2, 0) is 9.59 Å². The van der Waals surface area contributed by atoms with Gasteiger partial charge in [-0.15, -0.1) is 0 Å². The normalized spacial score (nSPS) is 17.0. The SMILES string of the molecule is CCCCOc1ccc([C@@H]2C(=C(O)c3ccc(OCC)cc3)C(=O)C(=O)N2CCCN(CC)CC)cc1. The number of aliphatic hydroxyl groups excluding tert-OH is 1. The number of carbonyl (C=O) groups is 2. The molecule has 0 bridgehead atoms. The molecule has 0 unspecified atom stereocenters. The predicted octanol–water partition coefficient (Wildman–Crippen LogP) is 5.42. The minimum atomic E-state index is -0.673. The summed E-state index contributed by atoms with van der Waals surface area (Å²) in [6.45, 7) is 12.5. The highest BCUT2D eigenvalue weighted by Gasteiger charge is 2.45. The lowest BCUT2D eigenvalue weighted by atomic mass is 9.95. The number of amides is 1. The summed E-state index contributed by atoms with van der Waals surface area (Å²) in [6.07, 6.45) is 2.74. The number of hydrogen-bond donors (Lipinski definition) is 1. The standard InChI is InChI=1S/C30H40N2O5/c1-5-9-21-37-25-15-11-22(12-16-25)27-26(28(33)23-13-17-24(18-14-23)36-8-4)29(34)30(35)32(27)20-10-19-31(6-2)7-3/h11-18,27,33H,5-10,19-21H2,1-4H3/t27-/m1/s1. The highest BCUT2D eigenvalue weighted by molar-refractivity contribution is 6.46. The molecule has 1 aliphatic heterocycles. The number of hydrogen-bond acceptors (Lipinski definition) is 6. The zero-order valence-electron chi connectivity index (χ0n) is 22.5. The van der Waals surface area contributed by atoms with Crippen molar-refractivity contribution in [3.63, 3.8) is 0 Å². The molecule has 2 aromatic rings. The van der Waals surface area contributed by atoms with Crippen molar-refractivity contribution in [1.82, 2.24) is 9.80 Å². The van der Waals surface area contributed by atoms with Crippen molar-refractivity contribution in [1.29, 1.82) is 0 Å². The first-order valence-electron chi connectivity index (χ1n) is 13.4. The van der Waals surface area contributed by atoms with Gasteiger partial charge in [0.1, 0.15) is 17.3 Å². The Labute approximate surface area is 220 Å². The van der Waals surface area contributed by atoms with Crippen molar-refractivity contribution in [2.45, 2.75) is 53.0 Å². The molecule has 7 nitrogen and oxygen atoms in total. The van der Waals surface area contributed by atoms with Gasteiger partial charge < -0.3 is 24.4 Å². The van der Waals surface area contributed by atoms with Crippen molar-refractivity contribution in [2.24, 2.45) is 0 Å². The van der Waals surface area contributed by atoms with Gasteiger partial charge in [-0.05, 0) is 81.4 Å². The van der Waals surface area contributed by atoms with E-state index in [-0.39, 0.29) is 11.3 Å². The van der Waals surface area contributed by atoms with E-state index in [4.69, 9.17) is 9.47 Å². The number of benzene rings is 2. The minimum absolute atomic E-state index is 0.108. The second-order valence-electron chi connectivity index (χ2n) is 9.10. The monoisotopic (exact) mass is 508 g/mol. The summed E-state index contributed by atoms with van der Waals surface area (Å²) in [4.78, 5) is 30.4. The quantitative estimate of drug-likeness (QED) is 0.159. The van der Waals surface area contributed by atoms with Gasteiger partial charge in [0.25, 0.3) is 11.7 Å². The molecule has 1 fully saturated rings. The van der Waals surface area contributed by atoms with Crippen LogP contribution in [0.15, 0.2) is 54.1 Å². The van der Waals surface area contributed by atoms with Crippen LogP contribution in [0.5, 0.6) is 11.5 Å². The lowest BCUT2D eigenvalue weighted by Crippen LogP contribution is -2.33. The van der Waals surface area contributed by atoms with Gasteiger partial charge in [-0.2, -0.15) is 0 Å². The van der Waals surface area contributed by atoms with Gasteiger partial charge in [-0.25, -0.2) is 0 Å². The van der Waals surface area contributed by atoms with Gasteiger partial charge in [0.15, 0.2) is 0 Å². The van der Waals surface area contributed by atoms with Crippen LogP contribution in [0.4, 0.5) is 0 Å². The third-order valence-corrected chi connectivity index (χ3v) is 6.71. The Morgan fingerprint density at radius 1 is 0.892 bits per heavy atom. The fourth-order valence-electron chi connectivity index (χ4n) is 4.57. The van der Waals surface area contributed by atoms with Crippen LogP contribution in [0.2, 0.25) is 0 Å². The fourth-order valence-corrected chi connectivity index (χ4v) is 4.57. The molecule has 1 amide bonds. The van der Waals surface area contributed by atoms with Gasteiger partial charge >= 0.3 is 0 Å². The van der Waals surface area contributed by atoms with Crippen LogP contribution < -0.4 is 9.47 Å². The third-order valence-electron chi connectivity index (χ3n) is 6.71. The number of ether oxygens (including phenoxy) is 2. The number of likely N-dealkylation sites (tertiary alicyclic amines) is 1. The van der Waals surface area contributed by atoms with E-state index < -0.39 is 17.7 Å². The number of unbranched alkanes of at least 4 members (excludes halogenated alkanes) is 1. The smallest absolute Gasteiger partial charge is 0.295 e. The first kappa shape index (κ1) is 28.3. The van der Waals surface area contributed by atoms with Crippen LogP contribution in [0.3, 0.4) is 0 Å². The lowest BCUT2D eigenvalue weighted by molar-refractivity contribution is -0.140. The number of ketones is 1. The summed E-state index contributed by atoms with van der Waals surface area (Å²) >= 11 is 0. The largest absolute Gasteiger partial charge is 0.507 e. The fraction of sp³-hybridized carbons (Fsp3) is 0.467. The number of rotatable bonds is 14. The molecule has 0 aliphatic carbocycles. The molecule has 1 atom stereocenters. The molecule has 1 heterocycles. The van der Waals surface area contributed by atoms with Gasteiger partial charge in [-0.1, -0.05) is 39.3 Å². The zero-order chi connectivity index (χ0) is 26.8. The van der Waals surface area contributed by atoms with Crippen molar-refractivity contribution in [3.05, 3.63) is 65.2 Å². The Kier molecular flexibility index (Phi) is 10.6. The highest BCUT2D eigenvalue weighted by atomic mass is 16.5. The number of carbonyl (C=O) groups excluding carboxylic acids is 2. The third kappa shape index (κ3) is 6.92. The number of nitrogens with zero attached hydrogens (tertiary/aromatic N) is 2. The maximum Gasteiger partial charge on any atom is 0.295 e. The first-order chi connectivity index (χ1) is 17.9. The summed E-state index contributed by atoms with van der Waals surface area (Å²) in [5.74, 6) is -0.0166. The summed E-state index contributed by atoms with van der Waals surface area (Å²) in [5.41, 5.74) is 1.34. The molecule has 0 spiro atoms. The summed E-state index contributed by atoms with van der Waals surface area (Å²) in [7, 11) is 0. The molecule has 0 radical (unpaired) electrons. The van der Waals surface area contributed by atoms with E-state index in [0.29, 0.717) is 31.1 Å². The minimum Gasteiger partial charge on any atom is -0.507 e. The van der Waals surface area contributed by atoms with Gasteiger partial charge in [0, 0.05) is 12.1 Å². The van der Waals surface area contributed by atoms with Crippen LogP contribution in [-0.4, -0.2) is 66.0 Å². The van der Waals surface area contributed by atoms with Crippen LogP contribution in [0.1, 0.15) is 64.1 Å². The molecule has 0 aromatic heterocycles. The van der Waals surface area contributed by atoms with Gasteiger partial charge in [0.2, 0.25) is 0 Å². The predicted molar refractivity (Wildman–Crippen MR) is 146 cm³/mol. The number of aliphatic hydroxyl groups is 1. The van der Waals surface area contributed by atoms with Crippen LogP contribution in [0.25, 0.3) is 5.76 Å². The van der Waals surface area contributed by atoms with E-state index in [9.17, 15) is 14.7 Å². The van der Waals surface area contributed by atoms with E-state index in [1.165, 1.54) is 0 Å². The highest BCUT2D eigenvalue weighted by Crippen LogP contribution is 2.40. The Morgan fingerprint density at radius 3 is 2.11 bits per heavy atom. The maximum atomic E-state index is 13.3. The topological polar surface area (TPSA) is 79.3 Å². The summed E-state index contributed by atoms with van der Waals surface area (Å²) in [6, 6.07) is 13.7. The molecule has 37 heavy (non-hydrogen) atoms. The van der Waals surface area contributed by atoms with Gasteiger partial charge in [-0.3, -0.25) is 9.59 Å². The molecule has 1 N–H and O–H groups in total. The van der Waals surface area contributed by atoms with E-state index >= 15 is 0 Å². The van der Waals surface area contributed by atoms with Crippen molar-refractivity contribution in [3.8, 4) is 11.5 Å². The second kappa shape index (κ2) is 13.8. The molecule has 1 aliphatic rings. The average molecular weight is 509 g/mol. The van der Waals surface area contributed by atoms with Crippen molar-refractivity contribution in [2.75, 3.05) is 39.4 Å². The van der Waals surface area contributed by atoms with E-state index in [0.717, 1.165) is 50.2 Å². The number of Topliss-reactive ketones (excluding diaryl/α,β-unsaturated/α-hetero) is 1. The first-order valence-corrected chi connectivity index (χ1v) is 13.4.